The number of piperidine rings is 1. The molecule has 0 spiro atoms. The number of anilines is 2. The van der Waals surface area contributed by atoms with Crippen molar-refractivity contribution >= 4 is 34.4 Å². The largest absolute Gasteiger partial charge is 0.384 e. The zero-order chi connectivity index (χ0) is 27.2. The molecule has 1 aliphatic heterocycles. The number of fused-ring (bicyclic) bond motifs is 1. The molecule has 1 aliphatic rings. The molecule has 0 atom stereocenters. The normalized spacial score (nSPS) is 14.8. The first-order valence-corrected chi connectivity index (χ1v) is 13.3. The molecule has 2 amide bonds. The monoisotopic (exact) mass is 526 g/mol. The summed E-state index contributed by atoms with van der Waals surface area (Å²) < 4.78 is 5.62. The summed E-state index contributed by atoms with van der Waals surface area (Å²) in [4.78, 5) is 41.0. The number of hydrogen-bond donors (Lipinski definition) is 2. The second-order valence-corrected chi connectivity index (χ2v) is 10.1. The maximum absolute atomic E-state index is 13.7. The third-order valence-electron chi connectivity index (χ3n) is 7.61. The highest BCUT2D eigenvalue weighted by molar-refractivity contribution is 5.96. The molecule has 4 aromatic rings. The van der Waals surface area contributed by atoms with Crippen LogP contribution in [0.1, 0.15) is 41.6 Å². The standard InChI is InChI=1S/C30H34N6O3/c1-39-20-30(23-8-3-2-4-9-23)13-17-35(18-14-30)29(38)22-7-5-10-24(19-22)36(16-6-11-26(31)37)28-25-12-15-32-27(25)33-21-34-28/h2-5,7-10,12,15,19,21H,6,11,13-14,16-18,20H2,1H3,(H2,31,37)(H,32,33,34). The molecule has 1 fully saturated rings. The Kier molecular flexibility index (Phi) is 7.88. The lowest BCUT2D eigenvalue weighted by Gasteiger charge is -2.42. The quantitative estimate of drug-likeness (QED) is 0.320. The molecule has 9 nitrogen and oxygen atoms in total. The fraction of sp³-hybridized carbons (Fsp3) is 0.333. The minimum atomic E-state index is -0.349. The minimum absolute atomic E-state index is 0.00231. The number of likely N-dealkylation sites (tertiary alicyclic amines) is 1. The van der Waals surface area contributed by atoms with Crippen molar-refractivity contribution in [2.45, 2.75) is 31.1 Å². The number of nitrogens with two attached hydrogens (primary N) is 1. The van der Waals surface area contributed by atoms with Gasteiger partial charge in [0.05, 0.1) is 12.0 Å². The second kappa shape index (κ2) is 11.7. The Morgan fingerprint density at radius 3 is 2.62 bits per heavy atom. The van der Waals surface area contributed by atoms with Crippen molar-refractivity contribution < 1.29 is 14.3 Å². The summed E-state index contributed by atoms with van der Waals surface area (Å²) in [6.07, 6.45) is 5.81. The first kappa shape index (κ1) is 26.4. The van der Waals surface area contributed by atoms with Crippen LogP contribution >= 0.6 is 0 Å². The highest BCUT2D eigenvalue weighted by Gasteiger charge is 2.37. The van der Waals surface area contributed by atoms with Crippen molar-refractivity contribution in [2.24, 2.45) is 5.73 Å². The molecular weight excluding hydrogens is 492 g/mol. The van der Waals surface area contributed by atoms with Crippen LogP contribution in [0.5, 0.6) is 0 Å². The average Bonchev–Trinajstić information content (AvgIpc) is 3.45. The van der Waals surface area contributed by atoms with Gasteiger partial charge in [-0.25, -0.2) is 9.97 Å². The van der Waals surface area contributed by atoms with Gasteiger partial charge in [0, 0.05) is 56.0 Å². The van der Waals surface area contributed by atoms with Crippen LogP contribution in [-0.2, 0) is 14.9 Å². The summed E-state index contributed by atoms with van der Waals surface area (Å²) in [5.74, 6) is 0.363. The number of amides is 2. The van der Waals surface area contributed by atoms with E-state index in [9.17, 15) is 9.59 Å². The van der Waals surface area contributed by atoms with Crippen molar-refractivity contribution in [1.82, 2.24) is 19.9 Å². The van der Waals surface area contributed by atoms with Crippen LogP contribution in [0.4, 0.5) is 11.5 Å². The molecule has 3 heterocycles. The summed E-state index contributed by atoms with van der Waals surface area (Å²) in [5, 5.41) is 0.861. The van der Waals surface area contributed by atoms with E-state index in [0.29, 0.717) is 44.0 Å². The molecule has 5 rings (SSSR count). The Bertz CT molecular complexity index is 1430. The van der Waals surface area contributed by atoms with E-state index in [0.717, 1.165) is 29.6 Å². The number of nitrogens with one attached hydrogen (secondary N) is 1. The van der Waals surface area contributed by atoms with Crippen molar-refractivity contribution in [3.63, 3.8) is 0 Å². The summed E-state index contributed by atoms with van der Waals surface area (Å²) in [7, 11) is 1.74. The van der Waals surface area contributed by atoms with E-state index in [1.807, 2.05) is 52.4 Å². The number of benzene rings is 2. The number of methoxy groups -OCH3 is 1. The number of ether oxygens (including phenoxy) is 1. The Hall–Kier alpha value is -4.24. The van der Waals surface area contributed by atoms with Gasteiger partial charge in [0.15, 0.2) is 0 Å². The summed E-state index contributed by atoms with van der Waals surface area (Å²) in [6.45, 7) is 2.44. The topological polar surface area (TPSA) is 117 Å². The molecule has 39 heavy (non-hydrogen) atoms. The molecule has 0 unspecified atom stereocenters. The van der Waals surface area contributed by atoms with Gasteiger partial charge in [-0.1, -0.05) is 36.4 Å². The van der Waals surface area contributed by atoms with E-state index >= 15 is 0 Å². The maximum Gasteiger partial charge on any atom is 0.253 e. The first-order valence-electron chi connectivity index (χ1n) is 13.3. The van der Waals surface area contributed by atoms with Crippen LogP contribution in [0.25, 0.3) is 11.0 Å². The molecular formula is C30H34N6O3. The van der Waals surface area contributed by atoms with Gasteiger partial charge < -0.3 is 25.3 Å². The average molecular weight is 527 g/mol. The molecule has 0 aliphatic carbocycles. The molecule has 3 N–H and O–H groups in total. The molecule has 0 bridgehead atoms. The SMILES string of the molecule is COCC1(c2ccccc2)CCN(C(=O)c2cccc(N(CCCC(N)=O)c3ncnc4[nH]ccc34)c2)CC1. The van der Waals surface area contributed by atoms with Crippen LogP contribution in [0.3, 0.4) is 0 Å². The van der Waals surface area contributed by atoms with E-state index in [1.165, 1.54) is 11.9 Å². The Morgan fingerprint density at radius 1 is 1.08 bits per heavy atom. The lowest BCUT2D eigenvalue weighted by Crippen LogP contribution is -2.47. The van der Waals surface area contributed by atoms with Gasteiger partial charge >= 0.3 is 0 Å². The fourth-order valence-corrected chi connectivity index (χ4v) is 5.55. The number of aromatic amines is 1. The molecule has 2 aromatic carbocycles. The van der Waals surface area contributed by atoms with Crippen LogP contribution in [0.15, 0.2) is 73.2 Å². The van der Waals surface area contributed by atoms with Gasteiger partial charge in [0.25, 0.3) is 5.91 Å². The predicted molar refractivity (Wildman–Crippen MR) is 151 cm³/mol. The number of rotatable bonds is 10. The minimum Gasteiger partial charge on any atom is -0.384 e. The zero-order valence-electron chi connectivity index (χ0n) is 22.2. The Morgan fingerprint density at radius 2 is 1.87 bits per heavy atom. The lowest BCUT2D eigenvalue weighted by molar-refractivity contribution is -0.118. The Balaban J connectivity index is 1.38. The van der Waals surface area contributed by atoms with Crippen LogP contribution in [-0.4, -0.2) is 65.0 Å². The third-order valence-corrected chi connectivity index (χ3v) is 7.61. The number of aromatic nitrogens is 3. The number of carbonyl (C=O) groups excluding carboxylic acids is 2. The molecule has 1 saturated heterocycles. The van der Waals surface area contributed by atoms with Gasteiger partial charge in [-0.15, -0.1) is 0 Å². The molecule has 9 heteroatoms. The number of H-pyrrole nitrogens is 1. The van der Waals surface area contributed by atoms with E-state index in [2.05, 4.69) is 39.2 Å². The van der Waals surface area contributed by atoms with Crippen molar-refractivity contribution in [2.75, 3.05) is 38.3 Å². The highest BCUT2D eigenvalue weighted by atomic mass is 16.5. The second-order valence-electron chi connectivity index (χ2n) is 10.1. The van der Waals surface area contributed by atoms with E-state index in [1.54, 1.807) is 7.11 Å². The smallest absolute Gasteiger partial charge is 0.253 e. The van der Waals surface area contributed by atoms with Crippen LogP contribution in [0, 0.1) is 0 Å². The molecule has 2 aromatic heterocycles. The summed E-state index contributed by atoms with van der Waals surface area (Å²) in [6, 6.07) is 20.0. The predicted octanol–water partition coefficient (Wildman–Crippen LogP) is 4.18. The van der Waals surface area contributed by atoms with Crippen molar-refractivity contribution in [3.05, 3.63) is 84.3 Å². The molecule has 0 radical (unpaired) electrons. The van der Waals surface area contributed by atoms with Crippen LogP contribution < -0.4 is 10.6 Å². The van der Waals surface area contributed by atoms with Crippen LogP contribution in [0.2, 0.25) is 0 Å². The van der Waals surface area contributed by atoms with E-state index in [-0.39, 0.29) is 23.7 Å². The molecule has 202 valence electrons. The van der Waals surface area contributed by atoms with E-state index in [4.69, 9.17) is 10.5 Å². The van der Waals surface area contributed by atoms with Gasteiger partial charge in [-0.05, 0) is 49.1 Å². The lowest BCUT2D eigenvalue weighted by atomic mass is 9.73. The number of carbonyl (C=O) groups is 2. The van der Waals surface area contributed by atoms with Gasteiger partial charge in [-0.3, -0.25) is 9.59 Å². The zero-order valence-corrected chi connectivity index (χ0v) is 22.2. The van der Waals surface area contributed by atoms with Gasteiger partial charge in [0.2, 0.25) is 5.91 Å². The molecule has 0 saturated carbocycles. The number of hydrogen-bond acceptors (Lipinski definition) is 6. The highest BCUT2D eigenvalue weighted by Crippen LogP contribution is 2.37. The van der Waals surface area contributed by atoms with Crippen molar-refractivity contribution in [1.29, 1.82) is 0 Å². The van der Waals surface area contributed by atoms with Gasteiger partial charge in [-0.2, -0.15) is 0 Å². The number of nitrogens with zero attached hydrogens (tertiary/aromatic N) is 4. The van der Waals surface area contributed by atoms with Gasteiger partial charge in [0.1, 0.15) is 17.8 Å². The van der Waals surface area contributed by atoms with Crippen molar-refractivity contribution in [3.8, 4) is 0 Å². The summed E-state index contributed by atoms with van der Waals surface area (Å²) >= 11 is 0. The first-order chi connectivity index (χ1) is 19.0. The summed E-state index contributed by atoms with van der Waals surface area (Å²) in [5.41, 5.74) is 8.72. The van der Waals surface area contributed by atoms with E-state index < -0.39 is 0 Å². The third kappa shape index (κ3) is 5.63. The fourth-order valence-electron chi connectivity index (χ4n) is 5.55. The maximum atomic E-state index is 13.7. The number of primary amides is 1. The Labute approximate surface area is 228 Å².